The molecule has 1 fully saturated rings. The van der Waals surface area contributed by atoms with Crippen molar-refractivity contribution < 1.29 is 9.59 Å². The Bertz CT molecular complexity index is 214. The van der Waals surface area contributed by atoms with Gasteiger partial charge in [-0.2, -0.15) is 0 Å². The van der Waals surface area contributed by atoms with Crippen LogP contribution in [0.15, 0.2) is 0 Å². The molecule has 0 aromatic rings. The molecule has 0 radical (unpaired) electrons. The number of carbonyl (C=O) groups is 2. The van der Waals surface area contributed by atoms with Crippen LogP contribution in [0.5, 0.6) is 0 Å². The molecule has 1 aliphatic carbocycles. The van der Waals surface area contributed by atoms with Crippen LogP contribution >= 0.6 is 0 Å². The second-order valence-corrected chi connectivity index (χ2v) is 4.21. The molecule has 0 heterocycles. The summed E-state index contributed by atoms with van der Waals surface area (Å²) in [6.07, 6.45) is 2.83. The second kappa shape index (κ2) is 3.60. The Morgan fingerprint density at radius 3 is 2.15 bits per heavy atom. The first-order chi connectivity index (χ1) is 6.03. The van der Waals surface area contributed by atoms with E-state index in [2.05, 4.69) is 0 Å². The molecule has 0 saturated heterocycles. The Morgan fingerprint density at radius 2 is 1.77 bits per heavy atom. The van der Waals surface area contributed by atoms with Crippen LogP contribution in [0.2, 0.25) is 0 Å². The maximum Gasteiger partial charge on any atom is 0.146 e. The number of hydrogen-bond donors (Lipinski definition) is 0. The lowest BCUT2D eigenvalue weighted by molar-refractivity contribution is -0.146. The highest BCUT2D eigenvalue weighted by Crippen LogP contribution is 2.38. The second-order valence-electron chi connectivity index (χ2n) is 4.21. The Hall–Kier alpha value is -0.660. The van der Waals surface area contributed by atoms with E-state index in [1.165, 1.54) is 0 Å². The lowest BCUT2D eigenvalue weighted by atomic mass is 9.65. The molecule has 0 spiro atoms. The van der Waals surface area contributed by atoms with Gasteiger partial charge in [0.15, 0.2) is 0 Å². The van der Waals surface area contributed by atoms with Crippen LogP contribution in [-0.2, 0) is 9.59 Å². The van der Waals surface area contributed by atoms with E-state index >= 15 is 0 Å². The van der Waals surface area contributed by atoms with Gasteiger partial charge < -0.3 is 0 Å². The van der Waals surface area contributed by atoms with E-state index in [9.17, 15) is 9.59 Å². The average Bonchev–Trinajstić information content (AvgIpc) is 2.12. The molecule has 1 aliphatic rings. The fraction of sp³-hybridized carbons (Fsp3) is 0.818. The van der Waals surface area contributed by atoms with Gasteiger partial charge in [-0.05, 0) is 19.3 Å². The van der Waals surface area contributed by atoms with Gasteiger partial charge in [-0.15, -0.1) is 0 Å². The van der Waals surface area contributed by atoms with Crippen LogP contribution in [0, 0.1) is 11.3 Å². The lowest BCUT2D eigenvalue weighted by Crippen LogP contribution is -2.44. The molecule has 2 nitrogen and oxygen atoms in total. The van der Waals surface area contributed by atoms with E-state index in [-0.39, 0.29) is 17.5 Å². The van der Waals surface area contributed by atoms with Gasteiger partial charge in [-0.3, -0.25) is 9.59 Å². The van der Waals surface area contributed by atoms with Crippen molar-refractivity contribution >= 4 is 11.6 Å². The molecular formula is C11H18O2. The summed E-state index contributed by atoms with van der Waals surface area (Å²) in [4.78, 5) is 23.4. The zero-order valence-electron chi connectivity index (χ0n) is 8.72. The SMILES string of the molecule is CCC(C)C1(C)C(=O)CCCC1=O. The van der Waals surface area contributed by atoms with Gasteiger partial charge in [0.25, 0.3) is 0 Å². The van der Waals surface area contributed by atoms with Gasteiger partial charge in [0.2, 0.25) is 0 Å². The van der Waals surface area contributed by atoms with E-state index in [0.29, 0.717) is 12.8 Å². The highest BCUT2D eigenvalue weighted by atomic mass is 16.2. The van der Waals surface area contributed by atoms with Crippen LogP contribution in [0.4, 0.5) is 0 Å². The first-order valence-electron chi connectivity index (χ1n) is 5.10. The fourth-order valence-electron chi connectivity index (χ4n) is 2.04. The summed E-state index contributed by atoms with van der Waals surface area (Å²) in [5.41, 5.74) is -0.674. The first-order valence-corrected chi connectivity index (χ1v) is 5.10. The van der Waals surface area contributed by atoms with Crippen molar-refractivity contribution in [1.29, 1.82) is 0 Å². The van der Waals surface area contributed by atoms with E-state index in [4.69, 9.17) is 0 Å². The summed E-state index contributed by atoms with van der Waals surface area (Å²) in [7, 11) is 0. The maximum atomic E-state index is 11.7. The monoisotopic (exact) mass is 182 g/mol. The third kappa shape index (κ3) is 1.54. The smallest absolute Gasteiger partial charge is 0.146 e. The van der Waals surface area contributed by atoms with Crippen molar-refractivity contribution in [2.75, 3.05) is 0 Å². The number of Topliss-reactive ketones (excluding diaryl/α,β-unsaturated/α-hetero) is 2. The number of rotatable bonds is 2. The van der Waals surface area contributed by atoms with Gasteiger partial charge in [-0.1, -0.05) is 20.3 Å². The van der Waals surface area contributed by atoms with Crippen molar-refractivity contribution in [3.05, 3.63) is 0 Å². The minimum Gasteiger partial charge on any atom is -0.299 e. The van der Waals surface area contributed by atoms with Crippen molar-refractivity contribution in [2.45, 2.75) is 46.5 Å². The van der Waals surface area contributed by atoms with Crippen molar-refractivity contribution in [2.24, 2.45) is 11.3 Å². The van der Waals surface area contributed by atoms with Crippen LogP contribution < -0.4 is 0 Å². The molecule has 0 amide bonds. The summed E-state index contributed by atoms with van der Waals surface area (Å²) >= 11 is 0. The molecule has 1 unspecified atom stereocenters. The van der Waals surface area contributed by atoms with Crippen molar-refractivity contribution in [1.82, 2.24) is 0 Å². The van der Waals surface area contributed by atoms with E-state index in [1.54, 1.807) is 0 Å². The molecule has 0 aromatic heterocycles. The summed E-state index contributed by atoms with van der Waals surface area (Å²) in [5.74, 6) is 0.490. The Kier molecular flexibility index (Phi) is 2.89. The zero-order chi connectivity index (χ0) is 10.1. The van der Waals surface area contributed by atoms with Gasteiger partial charge in [-0.25, -0.2) is 0 Å². The molecule has 0 aliphatic heterocycles. The van der Waals surface area contributed by atoms with Crippen LogP contribution in [-0.4, -0.2) is 11.6 Å². The molecule has 74 valence electrons. The zero-order valence-corrected chi connectivity index (χ0v) is 8.72. The predicted molar refractivity (Wildman–Crippen MR) is 51.4 cm³/mol. The Balaban J connectivity index is 2.94. The minimum absolute atomic E-state index is 0.151. The van der Waals surface area contributed by atoms with Crippen molar-refractivity contribution in [3.63, 3.8) is 0 Å². The summed E-state index contributed by atoms with van der Waals surface area (Å²) in [5, 5.41) is 0. The quantitative estimate of drug-likeness (QED) is 0.614. The van der Waals surface area contributed by atoms with Crippen LogP contribution in [0.3, 0.4) is 0 Å². The number of ketones is 2. The molecule has 0 N–H and O–H groups in total. The minimum atomic E-state index is -0.674. The normalized spacial score (nSPS) is 24.5. The largest absolute Gasteiger partial charge is 0.299 e. The van der Waals surface area contributed by atoms with Crippen molar-refractivity contribution in [3.8, 4) is 0 Å². The molecule has 2 heteroatoms. The van der Waals surface area contributed by atoms with E-state index < -0.39 is 5.41 Å². The standard InChI is InChI=1S/C11H18O2/c1-4-8(2)11(3)9(12)6-5-7-10(11)13/h8H,4-7H2,1-3H3. The summed E-state index contributed by atoms with van der Waals surface area (Å²) < 4.78 is 0. The number of carbonyl (C=O) groups excluding carboxylic acids is 2. The fourth-order valence-corrected chi connectivity index (χ4v) is 2.04. The van der Waals surface area contributed by atoms with Gasteiger partial charge in [0.05, 0.1) is 5.41 Å². The van der Waals surface area contributed by atoms with Gasteiger partial charge in [0, 0.05) is 12.8 Å². The van der Waals surface area contributed by atoms with Gasteiger partial charge >= 0.3 is 0 Å². The number of hydrogen-bond acceptors (Lipinski definition) is 2. The highest BCUT2D eigenvalue weighted by Gasteiger charge is 2.45. The molecule has 1 saturated carbocycles. The highest BCUT2D eigenvalue weighted by molar-refractivity contribution is 6.08. The molecule has 0 aromatic carbocycles. The Morgan fingerprint density at radius 1 is 1.31 bits per heavy atom. The predicted octanol–water partition coefficient (Wildman–Crippen LogP) is 2.36. The molecule has 1 atom stereocenters. The van der Waals surface area contributed by atoms with Gasteiger partial charge in [0.1, 0.15) is 11.6 Å². The van der Waals surface area contributed by atoms with Crippen LogP contribution in [0.1, 0.15) is 46.5 Å². The van der Waals surface area contributed by atoms with E-state index in [0.717, 1.165) is 12.8 Å². The first kappa shape index (κ1) is 10.4. The lowest BCUT2D eigenvalue weighted by Gasteiger charge is -2.35. The summed E-state index contributed by atoms with van der Waals surface area (Å²) in [6.45, 7) is 5.86. The average molecular weight is 182 g/mol. The maximum absolute atomic E-state index is 11.7. The molecule has 0 bridgehead atoms. The third-order valence-corrected chi connectivity index (χ3v) is 3.56. The summed E-state index contributed by atoms with van der Waals surface area (Å²) in [6, 6.07) is 0. The molecule has 1 rings (SSSR count). The molecule has 13 heavy (non-hydrogen) atoms. The van der Waals surface area contributed by atoms with E-state index in [1.807, 2.05) is 20.8 Å². The van der Waals surface area contributed by atoms with Crippen LogP contribution in [0.25, 0.3) is 0 Å². The Labute approximate surface area is 79.7 Å². The molecular weight excluding hydrogens is 164 g/mol. The third-order valence-electron chi connectivity index (χ3n) is 3.56. The topological polar surface area (TPSA) is 34.1 Å².